The Balaban J connectivity index is 1.36. The minimum Gasteiger partial charge on any atom is -0.365 e. The van der Waals surface area contributed by atoms with Gasteiger partial charge in [-0.2, -0.15) is 5.10 Å². The quantitative estimate of drug-likeness (QED) is 0.661. The summed E-state index contributed by atoms with van der Waals surface area (Å²) in [5.41, 5.74) is 5.68. The molecule has 34 heavy (non-hydrogen) atoms. The normalized spacial score (nSPS) is 26.0. The molecule has 6 rings (SSSR count). The zero-order valence-corrected chi connectivity index (χ0v) is 19.2. The number of nitrogens with two attached hydrogens (primary N) is 1. The summed E-state index contributed by atoms with van der Waals surface area (Å²) in [6.07, 6.45) is 0.513. The number of halogens is 4. The highest BCUT2D eigenvalue weighted by Crippen LogP contribution is 2.55. The van der Waals surface area contributed by atoms with Gasteiger partial charge in [0, 0.05) is 23.1 Å². The van der Waals surface area contributed by atoms with Gasteiger partial charge in [-0.05, 0) is 56.7 Å². The van der Waals surface area contributed by atoms with Crippen LogP contribution < -0.4 is 11.1 Å². The first-order valence-electron chi connectivity index (χ1n) is 11.3. The largest absolute Gasteiger partial charge is 0.365 e. The third-order valence-electron chi connectivity index (χ3n) is 7.85. The number of benzene rings is 1. The molecule has 0 saturated heterocycles. The van der Waals surface area contributed by atoms with Gasteiger partial charge in [0.15, 0.2) is 0 Å². The molecule has 1 aromatic heterocycles. The van der Waals surface area contributed by atoms with Crippen LogP contribution in [0.25, 0.3) is 11.3 Å². The number of carbonyl (C=O) groups is 2. The summed E-state index contributed by atoms with van der Waals surface area (Å²) in [4.78, 5) is 27.1. The van der Waals surface area contributed by atoms with Gasteiger partial charge >= 0.3 is 6.03 Å². The Morgan fingerprint density at radius 2 is 1.79 bits per heavy atom. The second kappa shape index (κ2) is 8.18. The van der Waals surface area contributed by atoms with E-state index < -0.39 is 29.1 Å². The number of rotatable bonds is 4. The van der Waals surface area contributed by atoms with E-state index in [1.807, 2.05) is 0 Å². The van der Waals surface area contributed by atoms with Crippen LogP contribution in [0.1, 0.15) is 54.6 Å². The molecule has 2 heterocycles. The molecular weight excluding hydrogens is 471 g/mol. The monoisotopic (exact) mass is 495 g/mol. The van der Waals surface area contributed by atoms with Crippen molar-refractivity contribution in [2.75, 3.05) is 6.54 Å². The summed E-state index contributed by atoms with van der Waals surface area (Å²) in [5.74, 6) is -1.30. The number of amides is 3. The molecule has 0 spiro atoms. The van der Waals surface area contributed by atoms with Crippen molar-refractivity contribution in [2.24, 2.45) is 11.1 Å². The minimum absolute atomic E-state index is 0.102. The summed E-state index contributed by atoms with van der Waals surface area (Å²) >= 11 is 5.91. The van der Waals surface area contributed by atoms with Gasteiger partial charge in [0.2, 0.25) is 6.43 Å². The van der Waals surface area contributed by atoms with E-state index in [1.165, 1.54) is 18.2 Å². The molecule has 1 aromatic carbocycles. The van der Waals surface area contributed by atoms with Crippen LogP contribution in [0.5, 0.6) is 0 Å². The molecule has 0 atom stereocenters. The first-order valence-corrected chi connectivity index (χ1v) is 11.7. The Labute approximate surface area is 199 Å². The van der Waals surface area contributed by atoms with E-state index >= 15 is 0 Å². The summed E-state index contributed by atoms with van der Waals surface area (Å²) in [6.45, 7) is 0.821. The second-order valence-electron chi connectivity index (χ2n) is 9.68. The van der Waals surface area contributed by atoms with Crippen LogP contribution >= 0.6 is 11.6 Å². The summed E-state index contributed by atoms with van der Waals surface area (Å²) < 4.78 is 42.3. The van der Waals surface area contributed by atoms with Gasteiger partial charge in [-0.25, -0.2) is 18.0 Å². The number of hydrogen-bond donors (Lipinski definition) is 2. The predicted molar refractivity (Wildman–Crippen MR) is 119 cm³/mol. The zero-order valence-electron chi connectivity index (χ0n) is 18.4. The van der Waals surface area contributed by atoms with E-state index in [9.17, 15) is 22.8 Å². The third kappa shape index (κ3) is 3.72. The Hall–Kier alpha value is -2.75. The molecular formula is C23H25ClF3N5O2. The highest BCUT2D eigenvalue weighted by Gasteiger charge is 2.53. The van der Waals surface area contributed by atoms with Crippen LogP contribution in [0.15, 0.2) is 18.2 Å². The maximum absolute atomic E-state index is 13.6. The molecule has 3 amide bonds. The van der Waals surface area contributed by atoms with Gasteiger partial charge in [0.25, 0.3) is 5.91 Å². The molecule has 11 heteroatoms. The second-order valence-corrected chi connectivity index (χ2v) is 10.1. The lowest BCUT2D eigenvalue weighted by Gasteiger charge is -2.53. The molecule has 3 aliphatic carbocycles. The van der Waals surface area contributed by atoms with Crippen molar-refractivity contribution in [3.8, 4) is 11.3 Å². The lowest BCUT2D eigenvalue weighted by atomic mass is 9.57. The molecule has 182 valence electrons. The van der Waals surface area contributed by atoms with Crippen molar-refractivity contribution in [3.63, 3.8) is 0 Å². The van der Waals surface area contributed by atoms with E-state index in [0.717, 1.165) is 0 Å². The Morgan fingerprint density at radius 1 is 1.12 bits per heavy atom. The standard InChI is InChI=1S/C23H25ClF3N5O2/c24-14-11-13(1-2-15(14)25)18-17(19(28)33)16-12-31(9-10-32(16)30-18)21(34)29-23-6-3-22(4-7-23,5-8-23)20(26)27/h1-2,11,20H,3-10,12H2,(H2,28,33)(H,29,34). The van der Waals surface area contributed by atoms with Gasteiger partial charge in [-0.1, -0.05) is 11.6 Å². The smallest absolute Gasteiger partial charge is 0.318 e. The number of carbonyl (C=O) groups excluding carboxylic acids is 2. The number of aromatic nitrogens is 2. The molecule has 3 N–H and O–H groups in total. The molecule has 7 nitrogen and oxygen atoms in total. The minimum atomic E-state index is -2.33. The van der Waals surface area contributed by atoms with Crippen LogP contribution in [0.4, 0.5) is 18.0 Å². The number of fused-ring (bicyclic) bond motifs is 4. The number of nitrogens with zero attached hydrogens (tertiary/aromatic N) is 3. The van der Waals surface area contributed by atoms with Crippen molar-refractivity contribution in [1.82, 2.24) is 20.0 Å². The van der Waals surface area contributed by atoms with Crippen molar-refractivity contribution in [3.05, 3.63) is 40.3 Å². The molecule has 2 aromatic rings. The van der Waals surface area contributed by atoms with Gasteiger partial charge < -0.3 is 16.0 Å². The topological polar surface area (TPSA) is 93.2 Å². The predicted octanol–water partition coefficient (Wildman–Crippen LogP) is 4.32. The number of alkyl halides is 2. The van der Waals surface area contributed by atoms with Gasteiger partial charge in [0.1, 0.15) is 11.5 Å². The van der Waals surface area contributed by atoms with Crippen molar-refractivity contribution in [2.45, 2.75) is 63.6 Å². The highest BCUT2D eigenvalue weighted by molar-refractivity contribution is 6.31. The number of urea groups is 1. The maximum atomic E-state index is 13.6. The van der Waals surface area contributed by atoms with Crippen LogP contribution in [0, 0.1) is 11.2 Å². The number of primary amides is 1. The summed E-state index contributed by atoms with van der Waals surface area (Å²) in [5, 5.41) is 7.50. The Bertz CT molecular complexity index is 1140. The number of hydrogen-bond acceptors (Lipinski definition) is 3. The fourth-order valence-electron chi connectivity index (χ4n) is 5.63. The molecule has 0 radical (unpaired) electrons. The molecule has 3 fully saturated rings. The van der Waals surface area contributed by atoms with E-state index in [0.29, 0.717) is 62.9 Å². The van der Waals surface area contributed by atoms with E-state index in [-0.39, 0.29) is 28.9 Å². The van der Waals surface area contributed by atoms with Gasteiger partial charge in [-0.3, -0.25) is 9.48 Å². The summed E-state index contributed by atoms with van der Waals surface area (Å²) in [7, 11) is 0. The first kappa shape index (κ1) is 23.0. The van der Waals surface area contributed by atoms with Crippen LogP contribution in [0.2, 0.25) is 5.02 Å². The molecule has 1 aliphatic heterocycles. The summed E-state index contributed by atoms with van der Waals surface area (Å²) in [6, 6.07) is 3.75. The Morgan fingerprint density at radius 3 is 2.38 bits per heavy atom. The first-order chi connectivity index (χ1) is 16.1. The van der Waals surface area contributed by atoms with Gasteiger partial charge in [-0.15, -0.1) is 0 Å². The lowest BCUT2D eigenvalue weighted by molar-refractivity contribution is -0.0874. The zero-order chi connectivity index (χ0) is 24.3. The maximum Gasteiger partial charge on any atom is 0.318 e. The third-order valence-corrected chi connectivity index (χ3v) is 8.14. The fourth-order valence-corrected chi connectivity index (χ4v) is 5.81. The lowest BCUT2D eigenvalue weighted by Crippen LogP contribution is -2.60. The molecule has 4 aliphatic rings. The van der Waals surface area contributed by atoms with Crippen LogP contribution in [-0.4, -0.2) is 45.1 Å². The van der Waals surface area contributed by atoms with Crippen LogP contribution in [-0.2, 0) is 13.1 Å². The van der Waals surface area contributed by atoms with E-state index in [4.69, 9.17) is 17.3 Å². The molecule has 2 bridgehead atoms. The van der Waals surface area contributed by atoms with Crippen molar-refractivity contribution < 1.29 is 22.8 Å². The average molecular weight is 496 g/mol. The number of nitrogens with one attached hydrogen (secondary N) is 1. The van der Waals surface area contributed by atoms with Crippen LogP contribution in [0.3, 0.4) is 0 Å². The van der Waals surface area contributed by atoms with Gasteiger partial charge in [0.05, 0.1) is 29.4 Å². The fraction of sp³-hybridized carbons (Fsp3) is 0.522. The molecule has 0 unspecified atom stereocenters. The Kier molecular flexibility index (Phi) is 5.54. The van der Waals surface area contributed by atoms with E-state index in [2.05, 4.69) is 10.4 Å². The van der Waals surface area contributed by atoms with Crippen molar-refractivity contribution >= 4 is 23.5 Å². The SMILES string of the molecule is NC(=O)c1c(-c2ccc(F)c(Cl)c2)nn2c1CN(C(=O)NC13CCC(C(F)F)(CC1)CC3)CC2. The van der Waals surface area contributed by atoms with Crippen molar-refractivity contribution in [1.29, 1.82) is 0 Å². The highest BCUT2D eigenvalue weighted by atomic mass is 35.5. The van der Waals surface area contributed by atoms with E-state index in [1.54, 1.807) is 9.58 Å². The average Bonchev–Trinajstić information content (AvgIpc) is 3.21. The molecule has 3 saturated carbocycles.